The van der Waals surface area contributed by atoms with Crippen molar-refractivity contribution >= 4 is 17.3 Å². The van der Waals surface area contributed by atoms with E-state index in [2.05, 4.69) is 27.4 Å². The van der Waals surface area contributed by atoms with Crippen molar-refractivity contribution in [2.45, 2.75) is 25.8 Å². The van der Waals surface area contributed by atoms with Gasteiger partial charge in [-0.2, -0.15) is 5.10 Å². The quantitative estimate of drug-likeness (QED) is 0.663. The van der Waals surface area contributed by atoms with Gasteiger partial charge in [0.25, 0.3) is 5.56 Å². The number of carbonyl (C=O) groups excluding carboxylic acids is 1. The van der Waals surface area contributed by atoms with E-state index in [4.69, 9.17) is 4.74 Å². The van der Waals surface area contributed by atoms with Gasteiger partial charge in [-0.1, -0.05) is 12.1 Å². The first-order valence-electron chi connectivity index (χ1n) is 10.5. The molecule has 3 aromatic rings. The Bertz CT molecular complexity index is 1090. The topological polar surface area (TPSA) is 76.5 Å². The number of carbonyl (C=O) groups is 1. The van der Waals surface area contributed by atoms with Crippen LogP contribution in [0.5, 0.6) is 5.75 Å². The van der Waals surface area contributed by atoms with E-state index in [9.17, 15) is 9.59 Å². The number of nitrogens with one attached hydrogen (secondary N) is 1. The molecule has 7 heteroatoms. The van der Waals surface area contributed by atoms with Crippen molar-refractivity contribution in [1.29, 1.82) is 0 Å². The zero-order chi connectivity index (χ0) is 21.6. The number of benzene rings is 2. The van der Waals surface area contributed by atoms with Gasteiger partial charge in [-0.25, -0.2) is 4.68 Å². The lowest BCUT2D eigenvalue weighted by Crippen LogP contribution is -2.29. The molecule has 1 saturated heterocycles. The van der Waals surface area contributed by atoms with Crippen molar-refractivity contribution in [1.82, 2.24) is 9.78 Å². The molecule has 1 amide bonds. The molecule has 2 aromatic carbocycles. The first-order valence-corrected chi connectivity index (χ1v) is 10.5. The minimum Gasteiger partial charge on any atom is -0.497 e. The van der Waals surface area contributed by atoms with Gasteiger partial charge in [0, 0.05) is 36.1 Å². The van der Waals surface area contributed by atoms with Gasteiger partial charge in [0.15, 0.2) is 0 Å². The molecule has 0 radical (unpaired) electrons. The molecule has 160 valence electrons. The van der Waals surface area contributed by atoms with Crippen LogP contribution in [-0.4, -0.2) is 35.9 Å². The monoisotopic (exact) mass is 418 g/mol. The summed E-state index contributed by atoms with van der Waals surface area (Å²) in [5.41, 5.74) is 3.07. The van der Waals surface area contributed by atoms with Crippen molar-refractivity contribution in [2.75, 3.05) is 30.4 Å². The van der Waals surface area contributed by atoms with Gasteiger partial charge >= 0.3 is 0 Å². The molecule has 1 fully saturated rings. The molecular weight excluding hydrogens is 392 g/mol. The molecule has 0 saturated carbocycles. The molecule has 0 bridgehead atoms. The molecule has 7 nitrogen and oxygen atoms in total. The lowest BCUT2D eigenvalue weighted by molar-refractivity contribution is -0.117. The van der Waals surface area contributed by atoms with Crippen LogP contribution < -0.4 is 20.5 Å². The van der Waals surface area contributed by atoms with Crippen LogP contribution in [0.15, 0.2) is 65.5 Å². The van der Waals surface area contributed by atoms with Crippen molar-refractivity contribution in [3.8, 4) is 17.0 Å². The second-order valence-corrected chi connectivity index (χ2v) is 7.59. The number of aromatic nitrogens is 2. The Morgan fingerprint density at radius 3 is 2.35 bits per heavy atom. The van der Waals surface area contributed by atoms with Crippen LogP contribution >= 0.6 is 0 Å². The molecule has 1 aromatic heterocycles. The van der Waals surface area contributed by atoms with Crippen molar-refractivity contribution in [3.63, 3.8) is 0 Å². The predicted octanol–water partition coefficient (Wildman–Crippen LogP) is 3.55. The first-order chi connectivity index (χ1) is 15.1. The molecule has 1 N–H and O–H groups in total. The molecular formula is C24H26N4O3. The number of methoxy groups -OCH3 is 1. The molecule has 0 unspecified atom stereocenters. The van der Waals surface area contributed by atoms with E-state index >= 15 is 0 Å². The van der Waals surface area contributed by atoms with Gasteiger partial charge in [-0.05, 0) is 61.7 Å². The summed E-state index contributed by atoms with van der Waals surface area (Å²) in [7, 11) is 1.58. The number of amides is 1. The van der Waals surface area contributed by atoms with E-state index < -0.39 is 0 Å². The summed E-state index contributed by atoms with van der Waals surface area (Å²) in [6.07, 6.45) is 3.76. The van der Waals surface area contributed by atoms with Crippen molar-refractivity contribution in [3.05, 3.63) is 71.0 Å². The minimum atomic E-state index is -0.322. The van der Waals surface area contributed by atoms with E-state index in [1.165, 1.54) is 35.7 Å². The number of rotatable bonds is 6. The summed E-state index contributed by atoms with van der Waals surface area (Å²) in [6.45, 7) is 2.02. The van der Waals surface area contributed by atoms with Crippen LogP contribution in [0.3, 0.4) is 0 Å². The van der Waals surface area contributed by atoms with Crippen LogP contribution in [0.4, 0.5) is 11.4 Å². The average Bonchev–Trinajstić information content (AvgIpc) is 2.82. The minimum absolute atomic E-state index is 0.162. The smallest absolute Gasteiger partial charge is 0.267 e. The van der Waals surface area contributed by atoms with E-state index in [-0.39, 0.29) is 18.0 Å². The SMILES string of the molecule is COc1ccc(NC(=O)Cn2nc(-c3ccc(N4CCCCC4)cc3)ccc2=O)cc1. The zero-order valence-corrected chi connectivity index (χ0v) is 17.6. The third-order valence-corrected chi connectivity index (χ3v) is 5.42. The predicted molar refractivity (Wildman–Crippen MR) is 122 cm³/mol. The highest BCUT2D eigenvalue weighted by Gasteiger charge is 2.12. The summed E-state index contributed by atoms with van der Waals surface area (Å²) < 4.78 is 6.30. The Balaban J connectivity index is 1.46. The third kappa shape index (κ3) is 5.12. The average molecular weight is 418 g/mol. The Kier molecular flexibility index (Phi) is 6.31. The number of hydrogen-bond donors (Lipinski definition) is 1. The van der Waals surface area contributed by atoms with Crippen LogP contribution in [0, 0.1) is 0 Å². The number of ether oxygens (including phenoxy) is 1. The van der Waals surface area contributed by atoms with Crippen molar-refractivity contribution < 1.29 is 9.53 Å². The Hall–Kier alpha value is -3.61. The summed E-state index contributed by atoms with van der Waals surface area (Å²) >= 11 is 0. The summed E-state index contributed by atoms with van der Waals surface area (Å²) in [5, 5.41) is 7.18. The highest BCUT2D eigenvalue weighted by molar-refractivity contribution is 5.90. The van der Waals surface area contributed by atoms with Gasteiger partial charge in [0.05, 0.1) is 12.8 Å². The fraction of sp³-hybridized carbons (Fsp3) is 0.292. The van der Waals surface area contributed by atoms with Gasteiger partial charge in [0.1, 0.15) is 12.3 Å². The van der Waals surface area contributed by atoms with Gasteiger partial charge in [-0.15, -0.1) is 0 Å². The van der Waals surface area contributed by atoms with Gasteiger partial charge < -0.3 is 15.0 Å². The zero-order valence-electron chi connectivity index (χ0n) is 17.6. The van der Waals surface area contributed by atoms with Crippen LogP contribution in [0.25, 0.3) is 11.3 Å². The summed E-state index contributed by atoms with van der Waals surface area (Å²) in [5.74, 6) is 0.382. The number of hydrogen-bond acceptors (Lipinski definition) is 5. The van der Waals surface area contributed by atoms with Crippen LogP contribution in [0.2, 0.25) is 0 Å². The maximum atomic E-state index is 12.4. The van der Waals surface area contributed by atoms with E-state index in [0.29, 0.717) is 17.1 Å². The van der Waals surface area contributed by atoms with Gasteiger partial charge in [0.2, 0.25) is 5.91 Å². The lowest BCUT2D eigenvalue weighted by Gasteiger charge is -2.28. The molecule has 0 aliphatic carbocycles. The Morgan fingerprint density at radius 1 is 0.968 bits per heavy atom. The second-order valence-electron chi connectivity index (χ2n) is 7.59. The maximum absolute atomic E-state index is 12.4. The standard InChI is InChI=1S/C24H26N4O3/c1-31-21-11-7-19(8-12-21)25-23(29)17-28-24(30)14-13-22(26-28)18-5-9-20(10-6-18)27-15-3-2-4-16-27/h5-14H,2-4,15-17H2,1H3,(H,25,29). The van der Waals surface area contributed by atoms with E-state index in [1.807, 2.05) is 12.1 Å². The first kappa shape index (κ1) is 20.7. The largest absolute Gasteiger partial charge is 0.497 e. The lowest BCUT2D eigenvalue weighted by atomic mass is 10.1. The molecule has 0 spiro atoms. The summed E-state index contributed by atoms with van der Waals surface area (Å²) in [4.78, 5) is 27.0. The highest BCUT2D eigenvalue weighted by Crippen LogP contribution is 2.23. The fourth-order valence-electron chi connectivity index (χ4n) is 3.72. The molecule has 1 aliphatic heterocycles. The normalized spacial score (nSPS) is 13.6. The van der Waals surface area contributed by atoms with Crippen LogP contribution in [0.1, 0.15) is 19.3 Å². The molecule has 1 aliphatic rings. The van der Waals surface area contributed by atoms with E-state index in [1.54, 1.807) is 37.4 Å². The number of nitrogens with zero attached hydrogens (tertiary/aromatic N) is 3. The van der Waals surface area contributed by atoms with E-state index in [0.717, 1.165) is 18.7 Å². The maximum Gasteiger partial charge on any atom is 0.267 e. The molecule has 4 rings (SSSR count). The second kappa shape index (κ2) is 9.47. The van der Waals surface area contributed by atoms with Crippen LogP contribution in [-0.2, 0) is 11.3 Å². The molecule has 31 heavy (non-hydrogen) atoms. The van der Waals surface area contributed by atoms with Crippen molar-refractivity contribution in [2.24, 2.45) is 0 Å². The number of piperidine rings is 1. The third-order valence-electron chi connectivity index (χ3n) is 5.42. The molecule has 2 heterocycles. The summed E-state index contributed by atoms with van der Waals surface area (Å²) in [6, 6.07) is 18.3. The molecule has 0 atom stereocenters. The highest BCUT2D eigenvalue weighted by atomic mass is 16.5. The Labute approximate surface area is 181 Å². The van der Waals surface area contributed by atoms with Gasteiger partial charge in [-0.3, -0.25) is 9.59 Å². The number of anilines is 2. The Morgan fingerprint density at radius 2 is 1.68 bits per heavy atom. The fourth-order valence-corrected chi connectivity index (χ4v) is 3.72.